The van der Waals surface area contributed by atoms with Gasteiger partial charge in [0.05, 0.1) is 5.69 Å². The molecule has 2 aromatic carbocycles. The van der Waals surface area contributed by atoms with E-state index in [0.29, 0.717) is 5.56 Å². The van der Waals surface area contributed by atoms with Crippen LogP contribution in [0.3, 0.4) is 0 Å². The third-order valence-electron chi connectivity index (χ3n) is 2.72. The Hall–Kier alpha value is -1.49. The highest BCUT2D eigenvalue weighted by Gasteiger charge is 2.13. The standard InChI is InChI=1S/C14H11BrF3N/c1-8(9-3-2-4-10(16)5-9)19-14-12(15)6-11(17)7-13(14)18/h2-8,19H,1H3. The monoisotopic (exact) mass is 329 g/mol. The van der Waals surface area contributed by atoms with E-state index < -0.39 is 11.6 Å². The highest BCUT2D eigenvalue weighted by Crippen LogP contribution is 2.30. The van der Waals surface area contributed by atoms with Crippen molar-refractivity contribution in [3.63, 3.8) is 0 Å². The molecule has 1 atom stereocenters. The Morgan fingerprint density at radius 2 is 1.79 bits per heavy atom. The third kappa shape index (κ3) is 3.29. The lowest BCUT2D eigenvalue weighted by Crippen LogP contribution is -2.09. The lowest BCUT2D eigenvalue weighted by molar-refractivity contribution is 0.582. The normalized spacial score (nSPS) is 12.3. The van der Waals surface area contributed by atoms with Gasteiger partial charge in [-0.15, -0.1) is 0 Å². The van der Waals surface area contributed by atoms with Gasteiger partial charge in [0.2, 0.25) is 0 Å². The maximum Gasteiger partial charge on any atom is 0.150 e. The second kappa shape index (κ2) is 5.65. The van der Waals surface area contributed by atoms with Crippen LogP contribution in [0, 0.1) is 17.5 Å². The van der Waals surface area contributed by atoms with Gasteiger partial charge in [0.1, 0.15) is 17.5 Å². The van der Waals surface area contributed by atoms with Crippen molar-refractivity contribution in [1.82, 2.24) is 0 Å². The van der Waals surface area contributed by atoms with Crippen molar-refractivity contribution in [2.75, 3.05) is 5.32 Å². The summed E-state index contributed by atoms with van der Waals surface area (Å²) >= 11 is 3.10. The fourth-order valence-electron chi connectivity index (χ4n) is 1.76. The Kier molecular flexibility index (Phi) is 4.14. The molecule has 0 aromatic heterocycles. The molecule has 1 unspecified atom stereocenters. The first-order valence-electron chi connectivity index (χ1n) is 5.64. The van der Waals surface area contributed by atoms with E-state index >= 15 is 0 Å². The highest BCUT2D eigenvalue weighted by atomic mass is 79.9. The zero-order valence-electron chi connectivity index (χ0n) is 10.1. The molecule has 100 valence electrons. The molecule has 2 rings (SSSR count). The van der Waals surface area contributed by atoms with Crippen LogP contribution in [-0.4, -0.2) is 0 Å². The number of nitrogens with one attached hydrogen (secondary N) is 1. The molecule has 0 fully saturated rings. The Balaban J connectivity index is 2.26. The van der Waals surface area contributed by atoms with Crippen molar-refractivity contribution in [1.29, 1.82) is 0 Å². The minimum atomic E-state index is -0.699. The summed E-state index contributed by atoms with van der Waals surface area (Å²) in [4.78, 5) is 0. The first-order chi connectivity index (χ1) is 8.97. The Labute approximate surface area is 117 Å². The SMILES string of the molecule is CC(Nc1c(F)cc(F)cc1Br)c1cccc(F)c1. The minimum Gasteiger partial charge on any atom is -0.375 e. The predicted molar refractivity (Wildman–Crippen MR) is 72.5 cm³/mol. The van der Waals surface area contributed by atoms with Crippen LogP contribution in [-0.2, 0) is 0 Å². The number of rotatable bonds is 3. The van der Waals surface area contributed by atoms with Gasteiger partial charge in [0, 0.05) is 16.6 Å². The Morgan fingerprint density at radius 3 is 2.42 bits per heavy atom. The second-order valence-electron chi connectivity index (χ2n) is 4.17. The largest absolute Gasteiger partial charge is 0.375 e. The molecule has 0 amide bonds. The molecular weight excluding hydrogens is 319 g/mol. The van der Waals surface area contributed by atoms with Crippen molar-refractivity contribution in [3.05, 3.63) is 63.9 Å². The van der Waals surface area contributed by atoms with Crippen LogP contribution in [0.5, 0.6) is 0 Å². The van der Waals surface area contributed by atoms with Crippen molar-refractivity contribution in [2.45, 2.75) is 13.0 Å². The second-order valence-corrected chi connectivity index (χ2v) is 5.02. The van der Waals surface area contributed by atoms with Gasteiger partial charge in [-0.05, 0) is 46.6 Å². The summed E-state index contributed by atoms with van der Waals surface area (Å²) in [7, 11) is 0. The lowest BCUT2D eigenvalue weighted by atomic mass is 10.1. The highest BCUT2D eigenvalue weighted by molar-refractivity contribution is 9.10. The molecule has 19 heavy (non-hydrogen) atoms. The lowest BCUT2D eigenvalue weighted by Gasteiger charge is -2.17. The van der Waals surface area contributed by atoms with Gasteiger partial charge >= 0.3 is 0 Å². The van der Waals surface area contributed by atoms with E-state index in [2.05, 4.69) is 21.2 Å². The summed E-state index contributed by atoms with van der Waals surface area (Å²) in [6.45, 7) is 1.77. The molecule has 0 aliphatic carbocycles. The average molecular weight is 330 g/mol. The van der Waals surface area contributed by atoms with E-state index in [9.17, 15) is 13.2 Å². The molecule has 1 nitrogen and oxygen atoms in total. The van der Waals surface area contributed by atoms with Crippen LogP contribution in [0.4, 0.5) is 18.9 Å². The van der Waals surface area contributed by atoms with Crippen molar-refractivity contribution in [3.8, 4) is 0 Å². The molecule has 0 aliphatic rings. The van der Waals surface area contributed by atoms with Gasteiger partial charge in [0.15, 0.2) is 0 Å². The molecular formula is C14H11BrF3N. The summed E-state index contributed by atoms with van der Waals surface area (Å²) < 4.78 is 40.0. The molecule has 0 radical (unpaired) electrons. The fourth-order valence-corrected chi connectivity index (χ4v) is 2.28. The maximum absolute atomic E-state index is 13.7. The molecule has 1 N–H and O–H groups in total. The van der Waals surface area contributed by atoms with E-state index in [4.69, 9.17) is 0 Å². The summed E-state index contributed by atoms with van der Waals surface area (Å²) in [5, 5.41) is 2.89. The van der Waals surface area contributed by atoms with Crippen molar-refractivity contribution >= 4 is 21.6 Å². The van der Waals surface area contributed by atoms with E-state index in [1.165, 1.54) is 18.2 Å². The summed E-state index contributed by atoms with van der Waals surface area (Å²) in [6, 6.07) is 7.67. The molecule has 0 spiro atoms. The predicted octanol–water partition coefficient (Wildman–Crippen LogP) is 5.04. The molecule has 0 heterocycles. The zero-order chi connectivity index (χ0) is 14.0. The number of hydrogen-bond acceptors (Lipinski definition) is 1. The first kappa shape index (κ1) is 13.9. The van der Waals surface area contributed by atoms with E-state index in [-0.39, 0.29) is 22.0 Å². The van der Waals surface area contributed by atoms with Gasteiger partial charge in [-0.1, -0.05) is 12.1 Å². The first-order valence-corrected chi connectivity index (χ1v) is 6.43. The minimum absolute atomic E-state index is 0.151. The number of anilines is 1. The molecule has 2 aromatic rings. The van der Waals surface area contributed by atoms with Gasteiger partial charge in [-0.25, -0.2) is 13.2 Å². The van der Waals surface area contributed by atoms with Crippen molar-refractivity contribution in [2.24, 2.45) is 0 Å². The van der Waals surface area contributed by atoms with Crippen molar-refractivity contribution < 1.29 is 13.2 Å². The molecule has 0 aliphatic heterocycles. The van der Waals surface area contributed by atoms with Crippen LogP contribution in [0.2, 0.25) is 0 Å². The van der Waals surface area contributed by atoms with Crippen LogP contribution in [0.25, 0.3) is 0 Å². The van der Waals surface area contributed by atoms with Gasteiger partial charge in [-0.2, -0.15) is 0 Å². The van der Waals surface area contributed by atoms with Gasteiger partial charge in [-0.3, -0.25) is 0 Å². The van der Waals surface area contributed by atoms with Crippen LogP contribution >= 0.6 is 15.9 Å². The number of halogens is 4. The summed E-state index contributed by atoms with van der Waals surface area (Å²) in [5.41, 5.74) is 0.828. The maximum atomic E-state index is 13.7. The quantitative estimate of drug-likeness (QED) is 0.831. The topological polar surface area (TPSA) is 12.0 Å². The Morgan fingerprint density at radius 1 is 1.05 bits per heavy atom. The average Bonchev–Trinajstić information content (AvgIpc) is 2.33. The molecule has 5 heteroatoms. The smallest absolute Gasteiger partial charge is 0.150 e. The van der Waals surface area contributed by atoms with E-state index in [1.807, 2.05) is 0 Å². The van der Waals surface area contributed by atoms with Crippen LogP contribution in [0.15, 0.2) is 40.9 Å². The third-order valence-corrected chi connectivity index (χ3v) is 3.34. The van der Waals surface area contributed by atoms with Gasteiger partial charge in [0.25, 0.3) is 0 Å². The van der Waals surface area contributed by atoms with Crippen LogP contribution < -0.4 is 5.32 Å². The van der Waals surface area contributed by atoms with Gasteiger partial charge < -0.3 is 5.32 Å². The van der Waals surface area contributed by atoms with Crippen LogP contribution in [0.1, 0.15) is 18.5 Å². The zero-order valence-corrected chi connectivity index (χ0v) is 11.6. The molecule has 0 saturated carbocycles. The number of hydrogen-bond donors (Lipinski definition) is 1. The summed E-state index contributed by atoms with van der Waals surface area (Å²) in [6.07, 6.45) is 0. The van der Waals surface area contributed by atoms with E-state index in [0.717, 1.165) is 6.07 Å². The number of benzene rings is 2. The van der Waals surface area contributed by atoms with E-state index in [1.54, 1.807) is 19.1 Å². The molecule has 0 saturated heterocycles. The Bertz CT molecular complexity index is 578. The fraction of sp³-hybridized carbons (Fsp3) is 0.143. The summed E-state index contributed by atoms with van der Waals surface area (Å²) in [5.74, 6) is -1.71. The molecule has 0 bridgehead atoms.